The Morgan fingerprint density at radius 1 is 1.08 bits per heavy atom. The summed E-state index contributed by atoms with van der Waals surface area (Å²) in [5.74, 6) is -0.756. The third-order valence-electron chi connectivity index (χ3n) is 4.46. The molecule has 0 heterocycles. The molecule has 25 heavy (non-hydrogen) atoms. The molecule has 3 aromatic carbocycles. The highest BCUT2D eigenvalue weighted by molar-refractivity contribution is 6.20. The molecule has 0 aliphatic heterocycles. The van der Waals surface area contributed by atoms with E-state index in [-0.39, 0.29) is 11.3 Å². The van der Waals surface area contributed by atoms with Crippen molar-refractivity contribution in [3.8, 4) is 5.75 Å². The number of hydrogen-bond donors (Lipinski definition) is 2. The van der Waals surface area contributed by atoms with Crippen LogP contribution in [0, 0.1) is 6.92 Å². The number of carbonyl (C=O) groups is 1. The van der Waals surface area contributed by atoms with Crippen LogP contribution >= 0.6 is 0 Å². The molecule has 0 radical (unpaired) electrons. The van der Waals surface area contributed by atoms with E-state index >= 15 is 0 Å². The predicted octanol–water partition coefficient (Wildman–Crippen LogP) is 4.93. The average molecular weight is 332 g/mol. The average Bonchev–Trinajstić information content (AvgIpc) is 2.60. The van der Waals surface area contributed by atoms with E-state index in [1.165, 1.54) is 0 Å². The van der Waals surface area contributed by atoms with E-state index in [9.17, 15) is 15.0 Å². The van der Waals surface area contributed by atoms with Gasteiger partial charge in [0, 0.05) is 5.39 Å². The van der Waals surface area contributed by atoms with Gasteiger partial charge in [-0.15, -0.1) is 0 Å². The first-order chi connectivity index (χ1) is 12.0. The van der Waals surface area contributed by atoms with Gasteiger partial charge in [-0.3, -0.25) is 0 Å². The van der Waals surface area contributed by atoms with Crippen LogP contribution in [0.5, 0.6) is 5.75 Å². The molecular formula is C22H20O3. The SMILES string of the molecule is C/C=C(\C(=O)O)c1cc(C)c(O)c2c(Cc3ccccc3)cccc12. The van der Waals surface area contributed by atoms with Crippen LogP contribution in [-0.4, -0.2) is 16.2 Å². The number of phenolic OH excluding ortho intramolecular Hbond substituents is 1. The Bertz CT molecular complexity index is 969. The van der Waals surface area contributed by atoms with Crippen molar-refractivity contribution in [2.75, 3.05) is 0 Å². The number of rotatable bonds is 4. The van der Waals surface area contributed by atoms with E-state index in [1.54, 1.807) is 26.0 Å². The van der Waals surface area contributed by atoms with Crippen LogP contribution in [0.4, 0.5) is 0 Å². The second-order valence-corrected chi connectivity index (χ2v) is 6.10. The highest BCUT2D eigenvalue weighted by Gasteiger charge is 2.18. The van der Waals surface area contributed by atoms with Crippen molar-refractivity contribution in [3.05, 3.63) is 82.9 Å². The number of fused-ring (bicyclic) bond motifs is 1. The van der Waals surface area contributed by atoms with Crippen molar-refractivity contribution < 1.29 is 15.0 Å². The maximum Gasteiger partial charge on any atom is 0.335 e. The number of carboxylic acids is 1. The summed E-state index contributed by atoms with van der Waals surface area (Å²) < 4.78 is 0. The number of allylic oxidation sites excluding steroid dienone is 1. The molecule has 0 amide bonds. The standard InChI is InChI=1S/C22H20O3/c1-3-17(22(24)25)19-12-14(2)21(23)20-16(10-7-11-18(19)20)13-15-8-5-4-6-9-15/h3-12,23H,13H2,1-2H3,(H,24,25)/b17-3-. The van der Waals surface area contributed by atoms with Crippen molar-refractivity contribution in [2.45, 2.75) is 20.3 Å². The third-order valence-corrected chi connectivity index (χ3v) is 4.46. The molecular weight excluding hydrogens is 312 g/mol. The monoisotopic (exact) mass is 332 g/mol. The van der Waals surface area contributed by atoms with Gasteiger partial charge in [0.1, 0.15) is 5.75 Å². The van der Waals surface area contributed by atoms with Crippen LogP contribution in [0.15, 0.2) is 60.7 Å². The molecule has 3 rings (SSSR count). The topological polar surface area (TPSA) is 57.5 Å². The summed E-state index contributed by atoms with van der Waals surface area (Å²) in [5.41, 5.74) is 3.66. The lowest BCUT2D eigenvalue weighted by molar-refractivity contribution is -0.130. The molecule has 2 N–H and O–H groups in total. The highest BCUT2D eigenvalue weighted by Crippen LogP contribution is 2.37. The molecule has 0 atom stereocenters. The number of hydrogen-bond acceptors (Lipinski definition) is 2. The van der Waals surface area contributed by atoms with Crippen LogP contribution in [0.25, 0.3) is 16.3 Å². The summed E-state index contributed by atoms with van der Waals surface area (Å²) in [4.78, 5) is 11.6. The zero-order valence-electron chi connectivity index (χ0n) is 14.3. The van der Waals surface area contributed by atoms with Crippen molar-refractivity contribution in [1.29, 1.82) is 0 Å². The van der Waals surface area contributed by atoms with Gasteiger partial charge >= 0.3 is 5.97 Å². The number of aromatic hydroxyl groups is 1. The molecule has 0 aliphatic carbocycles. The molecule has 0 saturated heterocycles. The Kier molecular flexibility index (Phi) is 4.57. The molecule has 0 bridgehead atoms. The van der Waals surface area contributed by atoms with Gasteiger partial charge in [-0.2, -0.15) is 0 Å². The Balaban J connectivity index is 2.28. The maximum atomic E-state index is 11.6. The van der Waals surface area contributed by atoms with Gasteiger partial charge in [-0.05, 0) is 54.0 Å². The number of aryl methyl sites for hydroxylation is 1. The fourth-order valence-corrected chi connectivity index (χ4v) is 3.24. The lowest BCUT2D eigenvalue weighted by Gasteiger charge is -2.15. The molecule has 0 fully saturated rings. The normalized spacial score (nSPS) is 11.7. The minimum absolute atomic E-state index is 0.214. The van der Waals surface area contributed by atoms with Crippen LogP contribution in [-0.2, 0) is 11.2 Å². The Labute approximate surface area is 146 Å². The summed E-state index contributed by atoms with van der Waals surface area (Å²) in [6, 6.07) is 17.5. The van der Waals surface area contributed by atoms with Crippen molar-refractivity contribution >= 4 is 22.3 Å². The van der Waals surface area contributed by atoms with Crippen LogP contribution in [0.3, 0.4) is 0 Å². The maximum absolute atomic E-state index is 11.6. The third kappa shape index (κ3) is 3.13. The first kappa shape index (κ1) is 16.8. The Morgan fingerprint density at radius 3 is 2.44 bits per heavy atom. The number of benzene rings is 3. The van der Waals surface area contributed by atoms with E-state index in [1.807, 2.05) is 48.5 Å². The van der Waals surface area contributed by atoms with Crippen LogP contribution < -0.4 is 0 Å². The summed E-state index contributed by atoms with van der Waals surface area (Å²) in [6.45, 7) is 3.51. The van der Waals surface area contributed by atoms with Crippen LogP contribution in [0.1, 0.15) is 29.2 Å². The van der Waals surface area contributed by atoms with E-state index in [4.69, 9.17) is 0 Å². The number of phenols is 1. The van der Waals surface area contributed by atoms with Crippen molar-refractivity contribution in [2.24, 2.45) is 0 Å². The number of aliphatic carboxylic acids is 1. The quantitative estimate of drug-likeness (QED) is 0.666. The van der Waals surface area contributed by atoms with Gasteiger partial charge in [0.2, 0.25) is 0 Å². The van der Waals surface area contributed by atoms with Crippen molar-refractivity contribution in [1.82, 2.24) is 0 Å². The minimum Gasteiger partial charge on any atom is -0.507 e. The van der Waals surface area contributed by atoms with Crippen LogP contribution in [0.2, 0.25) is 0 Å². The fourth-order valence-electron chi connectivity index (χ4n) is 3.24. The molecule has 0 saturated carbocycles. The van der Waals surface area contributed by atoms with Crippen molar-refractivity contribution in [3.63, 3.8) is 0 Å². The van der Waals surface area contributed by atoms with E-state index in [0.29, 0.717) is 17.5 Å². The summed E-state index contributed by atoms with van der Waals surface area (Å²) in [6.07, 6.45) is 2.27. The van der Waals surface area contributed by atoms with E-state index in [2.05, 4.69) is 0 Å². The van der Waals surface area contributed by atoms with Gasteiger partial charge in [0.25, 0.3) is 0 Å². The molecule has 0 aromatic heterocycles. The zero-order valence-corrected chi connectivity index (χ0v) is 14.3. The Hall–Kier alpha value is -3.07. The first-order valence-electron chi connectivity index (χ1n) is 8.21. The molecule has 3 nitrogen and oxygen atoms in total. The molecule has 0 unspecified atom stereocenters. The van der Waals surface area contributed by atoms with E-state index in [0.717, 1.165) is 21.9 Å². The predicted molar refractivity (Wildman–Crippen MR) is 101 cm³/mol. The second kappa shape index (κ2) is 6.81. The molecule has 0 spiro atoms. The zero-order chi connectivity index (χ0) is 18.0. The van der Waals surface area contributed by atoms with E-state index < -0.39 is 5.97 Å². The number of carboxylic acid groups (broad SMARTS) is 1. The lowest BCUT2D eigenvalue weighted by atomic mass is 9.90. The largest absolute Gasteiger partial charge is 0.507 e. The van der Waals surface area contributed by atoms with Gasteiger partial charge in [0.05, 0.1) is 5.57 Å². The molecule has 3 aromatic rings. The molecule has 0 aliphatic rings. The van der Waals surface area contributed by atoms with Gasteiger partial charge in [-0.1, -0.05) is 54.6 Å². The minimum atomic E-state index is -0.970. The lowest BCUT2D eigenvalue weighted by Crippen LogP contribution is -2.02. The summed E-state index contributed by atoms with van der Waals surface area (Å²) in [5, 5.41) is 21.7. The molecule has 126 valence electrons. The smallest absolute Gasteiger partial charge is 0.335 e. The highest BCUT2D eigenvalue weighted by atomic mass is 16.4. The summed E-state index contributed by atoms with van der Waals surface area (Å²) in [7, 11) is 0. The van der Waals surface area contributed by atoms with Gasteiger partial charge < -0.3 is 10.2 Å². The second-order valence-electron chi connectivity index (χ2n) is 6.10. The summed E-state index contributed by atoms with van der Waals surface area (Å²) >= 11 is 0. The fraction of sp³-hybridized carbons (Fsp3) is 0.136. The molecule has 3 heteroatoms. The first-order valence-corrected chi connectivity index (χ1v) is 8.21. The van der Waals surface area contributed by atoms with Gasteiger partial charge in [0.15, 0.2) is 0 Å². The Morgan fingerprint density at radius 2 is 1.80 bits per heavy atom. The van der Waals surface area contributed by atoms with Gasteiger partial charge in [-0.25, -0.2) is 4.79 Å².